The average Bonchev–Trinajstić information content (AvgIpc) is 2.97. The van der Waals surface area contributed by atoms with Crippen molar-refractivity contribution in [2.75, 3.05) is 50.0 Å². The molecule has 3 fully saturated rings. The van der Waals surface area contributed by atoms with E-state index in [4.69, 9.17) is 16.3 Å². The van der Waals surface area contributed by atoms with Gasteiger partial charge in [-0.25, -0.2) is 18.0 Å². The third-order valence-electron chi connectivity index (χ3n) is 9.30. The molecule has 0 saturated carbocycles. The first kappa shape index (κ1) is 29.6. The molecule has 0 aliphatic carbocycles. The number of likely N-dealkylation sites (tertiary alicyclic amines) is 1. The molecule has 232 valence electrons. The van der Waals surface area contributed by atoms with Crippen LogP contribution in [0.2, 0.25) is 5.02 Å². The van der Waals surface area contributed by atoms with Crippen LogP contribution < -0.4 is 10.6 Å². The summed E-state index contributed by atoms with van der Waals surface area (Å²) in [4.78, 5) is 37.3. The number of aromatic nitrogens is 2. The highest BCUT2D eigenvalue weighted by molar-refractivity contribution is 7.99. The first-order valence-electron chi connectivity index (χ1n) is 14.8. The maximum Gasteiger partial charge on any atom is 0.350 e. The molecule has 0 radical (unpaired) electrons. The third-order valence-corrected chi connectivity index (χ3v) is 10.8. The number of hydrogen-bond donors (Lipinski definition) is 0. The minimum Gasteiger partial charge on any atom is -0.373 e. The molecule has 3 saturated heterocycles. The van der Waals surface area contributed by atoms with Crippen molar-refractivity contribution in [3.63, 3.8) is 0 Å². The summed E-state index contributed by atoms with van der Waals surface area (Å²) in [5, 5.41) is 0.653. The second-order valence-electron chi connectivity index (χ2n) is 11.9. The van der Waals surface area contributed by atoms with Crippen LogP contribution >= 0.6 is 23.4 Å². The van der Waals surface area contributed by atoms with E-state index in [0.717, 1.165) is 26.1 Å². The van der Waals surface area contributed by atoms with Crippen molar-refractivity contribution < 1.29 is 22.7 Å². The summed E-state index contributed by atoms with van der Waals surface area (Å²) in [6, 6.07) is 2.97. The molecule has 0 bridgehead atoms. The summed E-state index contributed by atoms with van der Waals surface area (Å²) in [6.45, 7) is 9.34. The number of hydrogen-bond acceptors (Lipinski definition) is 7. The van der Waals surface area contributed by atoms with Crippen LogP contribution in [-0.4, -0.2) is 88.5 Å². The van der Waals surface area contributed by atoms with Gasteiger partial charge in [-0.1, -0.05) is 18.2 Å². The largest absolute Gasteiger partial charge is 0.373 e. The molecule has 8 nitrogen and oxygen atoms in total. The van der Waals surface area contributed by atoms with Crippen LogP contribution in [0.5, 0.6) is 0 Å². The maximum atomic E-state index is 15.2. The minimum absolute atomic E-state index is 0.0688. The van der Waals surface area contributed by atoms with Gasteiger partial charge >= 0.3 is 5.69 Å². The lowest BCUT2D eigenvalue weighted by Gasteiger charge is -2.55. The molecule has 2 aromatic carbocycles. The molecule has 4 aliphatic rings. The third kappa shape index (κ3) is 4.81. The topological polar surface area (TPSA) is 70.9 Å². The van der Waals surface area contributed by atoms with E-state index in [9.17, 15) is 14.0 Å². The Hall–Kier alpha value is -3.06. The lowest BCUT2D eigenvalue weighted by Crippen LogP contribution is -2.70. The second-order valence-corrected chi connectivity index (χ2v) is 13.3. The Morgan fingerprint density at radius 3 is 2.59 bits per heavy atom. The Labute approximate surface area is 261 Å². The number of benzene rings is 2. The molecule has 5 heterocycles. The summed E-state index contributed by atoms with van der Waals surface area (Å²) < 4.78 is 51.4. The standard InChI is InChI=1S/C31H31ClF3N5O3S/c1-3-25(41)38-7-8-39(16(2)12-38)30-19-11-20(32)26(27-21(34)9-17(33)10-22(27)35)29-28(19)40(31(42)36-30)18(15-44-29)5-4-6-37-13-24-23(37)14-43-24/h3,9-11,16,18,23-24H,1,4-8,12-15H2,2H3/t16-,18-,23?,24?/m0/s1. The van der Waals surface area contributed by atoms with Gasteiger partial charge in [0.2, 0.25) is 5.91 Å². The fourth-order valence-corrected chi connectivity index (χ4v) is 8.69. The minimum atomic E-state index is -1.07. The molecule has 4 aliphatic heterocycles. The van der Waals surface area contributed by atoms with Crippen molar-refractivity contribution in [2.45, 2.75) is 48.9 Å². The van der Waals surface area contributed by atoms with Crippen LogP contribution in [0.1, 0.15) is 25.8 Å². The predicted octanol–water partition coefficient (Wildman–Crippen LogP) is 4.87. The zero-order valence-corrected chi connectivity index (χ0v) is 25.6. The molecule has 3 aromatic rings. The van der Waals surface area contributed by atoms with Crippen molar-refractivity contribution in [1.82, 2.24) is 19.4 Å². The van der Waals surface area contributed by atoms with E-state index in [1.165, 1.54) is 17.8 Å². The first-order valence-corrected chi connectivity index (χ1v) is 16.1. The fraction of sp³-hybridized carbons (Fsp3) is 0.452. The van der Waals surface area contributed by atoms with Crippen LogP contribution in [0, 0.1) is 17.5 Å². The molecule has 44 heavy (non-hydrogen) atoms. The van der Waals surface area contributed by atoms with Crippen molar-refractivity contribution in [1.29, 1.82) is 0 Å². The summed E-state index contributed by atoms with van der Waals surface area (Å²) >= 11 is 8.20. The fourth-order valence-electron chi connectivity index (χ4n) is 6.96. The lowest BCUT2D eigenvalue weighted by molar-refractivity contribution is -0.214. The van der Waals surface area contributed by atoms with E-state index >= 15 is 8.78 Å². The Morgan fingerprint density at radius 2 is 1.95 bits per heavy atom. The first-order chi connectivity index (χ1) is 21.2. The van der Waals surface area contributed by atoms with Crippen molar-refractivity contribution >= 4 is 46.0 Å². The van der Waals surface area contributed by atoms with Crippen molar-refractivity contribution in [3.8, 4) is 11.1 Å². The van der Waals surface area contributed by atoms with Gasteiger partial charge < -0.3 is 14.5 Å². The van der Waals surface area contributed by atoms with Crippen LogP contribution in [0.3, 0.4) is 0 Å². The van der Waals surface area contributed by atoms with Crippen LogP contribution in [0.15, 0.2) is 40.5 Å². The van der Waals surface area contributed by atoms with Gasteiger partial charge in [0, 0.05) is 72.0 Å². The number of nitrogens with zero attached hydrogens (tertiary/aromatic N) is 5. The number of fused-ring (bicyclic) bond motifs is 1. The quantitative estimate of drug-likeness (QED) is 0.340. The zero-order valence-electron chi connectivity index (χ0n) is 24.1. The monoisotopic (exact) mass is 645 g/mol. The van der Waals surface area contributed by atoms with Crippen LogP contribution in [0.4, 0.5) is 19.0 Å². The lowest BCUT2D eigenvalue weighted by atomic mass is 9.94. The molecule has 7 rings (SSSR count). The summed E-state index contributed by atoms with van der Waals surface area (Å²) in [5.41, 5.74) is -0.289. The molecule has 1 aromatic heterocycles. The highest BCUT2D eigenvalue weighted by Gasteiger charge is 2.46. The highest BCUT2D eigenvalue weighted by Crippen LogP contribution is 2.49. The average molecular weight is 646 g/mol. The maximum absolute atomic E-state index is 15.2. The van der Waals surface area contributed by atoms with E-state index in [0.29, 0.717) is 77.7 Å². The number of thioether (sulfide) groups is 1. The molecular formula is C31H31ClF3N5O3S. The predicted molar refractivity (Wildman–Crippen MR) is 164 cm³/mol. The number of carbonyl (C=O) groups is 1. The van der Waals surface area contributed by atoms with Gasteiger partial charge in [-0.15, -0.1) is 11.8 Å². The van der Waals surface area contributed by atoms with Gasteiger partial charge in [0.15, 0.2) is 0 Å². The van der Waals surface area contributed by atoms with Gasteiger partial charge in [-0.2, -0.15) is 4.98 Å². The van der Waals surface area contributed by atoms with Gasteiger partial charge in [0.05, 0.1) is 34.9 Å². The Kier molecular flexibility index (Phi) is 7.67. The highest BCUT2D eigenvalue weighted by atomic mass is 35.5. The summed E-state index contributed by atoms with van der Waals surface area (Å²) in [6.07, 6.45) is 3.20. The van der Waals surface area contributed by atoms with Gasteiger partial charge in [0.1, 0.15) is 23.3 Å². The van der Waals surface area contributed by atoms with Crippen LogP contribution in [-0.2, 0) is 9.53 Å². The second kappa shape index (κ2) is 11.4. The van der Waals surface area contributed by atoms with Gasteiger partial charge in [0.25, 0.3) is 0 Å². The number of carbonyl (C=O) groups excluding carboxylic acids is 1. The zero-order chi connectivity index (χ0) is 30.9. The van der Waals surface area contributed by atoms with E-state index < -0.39 is 28.7 Å². The number of ether oxygens (including phenoxy) is 1. The number of halogens is 4. The molecular weight excluding hydrogens is 615 g/mol. The number of rotatable bonds is 7. The van der Waals surface area contributed by atoms with Crippen molar-refractivity contribution in [2.24, 2.45) is 0 Å². The number of piperazine rings is 1. The Morgan fingerprint density at radius 1 is 1.18 bits per heavy atom. The number of amides is 1. The normalized spacial score (nSPS) is 24.6. The van der Waals surface area contributed by atoms with E-state index in [2.05, 4.69) is 16.5 Å². The molecule has 4 atom stereocenters. The molecule has 0 spiro atoms. The molecule has 0 N–H and O–H groups in total. The molecule has 13 heteroatoms. The summed E-state index contributed by atoms with van der Waals surface area (Å²) in [7, 11) is 0. The van der Waals surface area contributed by atoms with E-state index in [1.54, 1.807) is 15.5 Å². The summed E-state index contributed by atoms with van der Waals surface area (Å²) in [5.74, 6) is -2.46. The number of anilines is 1. The SMILES string of the molecule is C=CC(=O)N1CCN(c2nc(=O)n3c4c(c(-c5c(F)cc(F)cc5F)c(Cl)cc24)SC[C@@H]3CCCN2CC3OCC32)[C@@H](C)C1. The number of morpholine rings is 1. The Balaban J connectivity index is 1.33. The molecule has 1 amide bonds. The van der Waals surface area contributed by atoms with E-state index in [-0.39, 0.29) is 28.6 Å². The van der Waals surface area contributed by atoms with E-state index in [1.807, 2.05) is 11.8 Å². The molecule has 2 unspecified atom stereocenters. The van der Waals surface area contributed by atoms with Crippen molar-refractivity contribution in [3.05, 3.63) is 63.8 Å². The smallest absolute Gasteiger partial charge is 0.350 e. The van der Waals surface area contributed by atoms with Crippen LogP contribution in [0.25, 0.3) is 22.0 Å². The van der Waals surface area contributed by atoms with Gasteiger partial charge in [-0.05, 0) is 38.5 Å². The Bertz CT molecular complexity index is 1730. The van der Waals surface area contributed by atoms with Gasteiger partial charge in [-0.3, -0.25) is 14.3 Å².